The van der Waals surface area contributed by atoms with Crippen molar-refractivity contribution >= 4 is 0 Å². The van der Waals surface area contributed by atoms with E-state index in [1.54, 1.807) is 0 Å². The molecular formula is C15H30N2. The van der Waals surface area contributed by atoms with E-state index in [1.807, 2.05) is 0 Å². The second-order valence-electron chi connectivity index (χ2n) is 6.41. The van der Waals surface area contributed by atoms with Gasteiger partial charge in [0.1, 0.15) is 0 Å². The highest BCUT2D eigenvalue weighted by Crippen LogP contribution is 2.28. The molecule has 2 heteroatoms. The van der Waals surface area contributed by atoms with Crippen LogP contribution in [0.25, 0.3) is 0 Å². The number of hydrogen-bond acceptors (Lipinski definition) is 2. The first-order chi connectivity index (χ1) is 8.25. The van der Waals surface area contributed by atoms with Crippen molar-refractivity contribution in [3.05, 3.63) is 0 Å². The van der Waals surface area contributed by atoms with Gasteiger partial charge in [-0.25, -0.2) is 0 Å². The van der Waals surface area contributed by atoms with Crippen molar-refractivity contribution in [2.75, 3.05) is 19.6 Å². The van der Waals surface area contributed by atoms with Gasteiger partial charge in [-0.1, -0.05) is 20.3 Å². The fourth-order valence-electron chi connectivity index (χ4n) is 3.04. The summed E-state index contributed by atoms with van der Waals surface area (Å²) in [7, 11) is 0. The van der Waals surface area contributed by atoms with Gasteiger partial charge in [0.2, 0.25) is 0 Å². The molecule has 17 heavy (non-hydrogen) atoms. The molecule has 0 bridgehead atoms. The molecule has 1 heterocycles. The Balaban J connectivity index is 1.61. The van der Waals surface area contributed by atoms with E-state index >= 15 is 0 Å². The third-order valence-corrected chi connectivity index (χ3v) is 4.07. The molecular weight excluding hydrogens is 208 g/mol. The number of hydrogen-bond donors (Lipinski definition) is 1. The number of rotatable bonds is 7. The van der Waals surface area contributed by atoms with Crippen molar-refractivity contribution < 1.29 is 0 Å². The van der Waals surface area contributed by atoms with Crippen LogP contribution >= 0.6 is 0 Å². The van der Waals surface area contributed by atoms with Crippen LogP contribution in [0.1, 0.15) is 58.8 Å². The van der Waals surface area contributed by atoms with Crippen molar-refractivity contribution in [3.63, 3.8) is 0 Å². The fraction of sp³-hybridized carbons (Fsp3) is 1.00. The van der Waals surface area contributed by atoms with Crippen LogP contribution in [0, 0.1) is 5.92 Å². The van der Waals surface area contributed by atoms with Gasteiger partial charge in [-0.2, -0.15) is 0 Å². The summed E-state index contributed by atoms with van der Waals surface area (Å²) in [5, 5.41) is 3.66. The van der Waals surface area contributed by atoms with E-state index in [4.69, 9.17) is 0 Å². The van der Waals surface area contributed by atoms with Crippen molar-refractivity contribution in [2.45, 2.75) is 70.9 Å². The van der Waals surface area contributed by atoms with E-state index in [0.29, 0.717) is 0 Å². The van der Waals surface area contributed by atoms with Gasteiger partial charge in [-0.15, -0.1) is 0 Å². The molecule has 0 spiro atoms. The molecule has 1 aliphatic carbocycles. The van der Waals surface area contributed by atoms with Crippen molar-refractivity contribution in [1.29, 1.82) is 0 Å². The first-order valence-corrected chi connectivity index (χ1v) is 7.73. The van der Waals surface area contributed by atoms with Crippen LogP contribution in [-0.4, -0.2) is 36.6 Å². The van der Waals surface area contributed by atoms with Gasteiger partial charge in [-0.05, 0) is 57.5 Å². The van der Waals surface area contributed by atoms with Gasteiger partial charge in [0.15, 0.2) is 0 Å². The van der Waals surface area contributed by atoms with Crippen LogP contribution in [0.3, 0.4) is 0 Å². The van der Waals surface area contributed by atoms with Gasteiger partial charge in [0.25, 0.3) is 0 Å². The summed E-state index contributed by atoms with van der Waals surface area (Å²) in [6, 6.07) is 1.76. The van der Waals surface area contributed by atoms with Gasteiger partial charge in [-0.3, -0.25) is 0 Å². The predicted octanol–water partition coefficient (Wildman–Crippen LogP) is 3.03. The third-order valence-electron chi connectivity index (χ3n) is 4.07. The molecule has 1 aliphatic heterocycles. The van der Waals surface area contributed by atoms with E-state index in [2.05, 4.69) is 24.1 Å². The third kappa shape index (κ3) is 4.97. The minimum Gasteiger partial charge on any atom is -0.314 e. The van der Waals surface area contributed by atoms with Crippen LogP contribution in [0.5, 0.6) is 0 Å². The lowest BCUT2D eigenvalue weighted by Gasteiger charge is -2.27. The summed E-state index contributed by atoms with van der Waals surface area (Å²) in [5.41, 5.74) is 0. The van der Waals surface area contributed by atoms with Gasteiger partial charge in [0, 0.05) is 18.6 Å². The van der Waals surface area contributed by atoms with E-state index in [1.165, 1.54) is 64.6 Å². The second kappa shape index (κ2) is 6.75. The largest absolute Gasteiger partial charge is 0.314 e. The lowest BCUT2D eigenvalue weighted by molar-refractivity contribution is 0.223. The van der Waals surface area contributed by atoms with Gasteiger partial charge < -0.3 is 10.2 Å². The predicted molar refractivity (Wildman–Crippen MR) is 74.3 cm³/mol. The quantitative estimate of drug-likeness (QED) is 0.733. The summed E-state index contributed by atoms with van der Waals surface area (Å²) >= 11 is 0. The average molecular weight is 238 g/mol. The average Bonchev–Trinajstić information content (AvgIpc) is 3.12. The molecule has 1 N–H and O–H groups in total. The smallest absolute Gasteiger partial charge is 0.00965 e. The van der Waals surface area contributed by atoms with Crippen LogP contribution in [0.4, 0.5) is 0 Å². The SMILES string of the molecule is CC(C)CN(CCCC1CCCCN1)C1CC1. The molecule has 0 aromatic rings. The molecule has 0 aromatic carbocycles. The maximum absolute atomic E-state index is 3.66. The number of piperidine rings is 1. The topological polar surface area (TPSA) is 15.3 Å². The summed E-state index contributed by atoms with van der Waals surface area (Å²) in [5.74, 6) is 0.823. The highest BCUT2D eigenvalue weighted by molar-refractivity contribution is 4.85. The second-order valence-corrected chi connectivity index (χ2v) is 6.41. The Morgan fingerprint density at radius 3 is 2.59 bits per heavy atom. The zero-order valence-electron chi connectivity index (χ0n) is 11.8. The molecule has 0 radical (unpaired) electrons. The fourth-order valence-corrected chi connectivity index (χ4v) is 3.04. The highest BCUT2D eigenvalue weighted by atomic mass is 15.2. The van der Waals surface area contributed by atoms with Crippen LogP contribution < -0.4 is 5.32 Å². The highest BCUT2D eigenvalue weighted by Gasteiger charge is 2.28. The van der Waals surface area contributed by atoms with Crippen LogP contribution in [-0.2, 0) is 0 Å². The Bertz CT molecular complexity index is 205. The number of nitrogens with one attached hydrogen (secondary N) is 1. The van der Waals surface area contributed by atoms with Gasteiger partial charge >= 0.3 is 0 Å². The molecule has 1 saturated heterocycles. The molecule has 1 unspecified atom stereocenters. The zero-order chi connectivity index (χ0) is 12.1. The van der Waals surface area contributed by atoms with Crippen molar-refractivity contribution in [3.8, 4) is 0 Å². The van der Waals surface area contributed by atoms with E-state index in [9.17, 15) is 0 Å². The van der Waals surface area contributed by atoms with Crippen LogP contribution in [0.15, 0.2) is 0 Å². The van der Waals surface area contributed by atoms with Crippen LogP contribution in [0.2, 0.25) is 0 Å². The minimum atomic E-state index is 0.823. The summed E-state index contributed by atoms with van der Waals surface area (Å²) < 4.78 is 0. The molecule has 1 saturated carbocycles. The first kappa shape index (κ1) is 13.4. The normalized spacial score (nSPS) is 25.8. The zero-order valence-corrected chi connectivity index (χ0v) is 11.8. The first-order valence-electron chi connectivity index (χ1n) is 7.73. The monoisotopic (exact) mass is 238 g/mol. The Hall–Kier alpha value is -0.0800. The molecule has 100 valence electrons. The molecule has 2 fully saturated rings. The lowest BCUT2D eigenvalue weighted by Crippen LogP contribution is -2.36. The Kier molecular flexibility index (Phi) is 5.30. The maximum atomic E-state index is 3.66. The Morgan fingerprint density at radius 2 is 2.00 bits per heavy atom. The number of nitrogens with zero attached hydrogens (tertiary/aromatic N) is 1. The van der Waals surface area contributed by atoms with Crippen molar-refractivity contribution in [1.82, 2.24) is 10.2 Å². The maximum Gasteiger partial charge on any atom is 0.00965 e. The summed E-state index contributed by atoms with van der Waals surface area (Å²) in [6.07, 6.45) is 9.92. The van der Waals surface area contributed by atoms with E-state index < -0.39 is 0 Å². The van der Waals surface area contributed by atoms with E-state index in [0.717, 1.165) is 18.0 Å². The molecule has 1 atom stereocenters. The molecule has 2 aliphatic rings. The molecule has 0 amide bonds. The van der Waals surface area contributed by atoms with Crippen molar-refractivity contribution in [2.24, 2.45) is 5.92 Å². The minimum absolute atomic E-state index is 0.823. The summed E-state index contributed by atoms with van der Waals surface area (Å²) in [6.45, 7) is 8.59. The van der Waals surface area contributed by atoms with E-state index in [-0.39, 0.29) is 0 Å². The molecule has 2 nitrogen and oxygen atoms in total. The van der Waals surface area contributed by atoms with Gasteiger partial charge in [0.05, 0.1) is 0 Å². The molecule has 0 aromatic heterocycles. The summed E-state index contributed by atoms with van der Waals surface area (Å²) in [4.78, 5) is 2.74. The lowest BCUT2D eigenvalue weighted by atomic mass is 10.0. The standard InChI is InChI=1S/C15H30N2/c1-13(2)12-17(15-8-9-15)11-5-7-14-6-3-4-10-16-14/h13-16H,3-12H2,1-2H3. The Labute approximate surface area is 107 Å². The Morgan fingerprint density at radius 1 is 1.18 bits per heavy atom. The molecule has 2 rings (SSSR count).